The number of nitro benzene ring substituents is 1. The van der Waals surface area contributed by atoms with Gasteiger partial charge in [-0.1, -0.05) is 35.5 Å². The summed E-state index contributed by atoms with van der Waals surface area (Å²) in [5.74, 6) is 0. The summed E-state index contributed by atoms with van der Waals surface area (Å²) < 4.78 is 0. The van der Waals surface area contributed by atoms with Crippen molar-refractivity contribution < 1.29 is 4.92 Å². The van der Waals surface area contributed by atoms with Crippen LogP contribution >= 0.6 is 35.6 Å². The van der Waals surface area contributed by atoms with Crippen molar-refractivity contribution >= 4 is 52.6 Å². The molecule has 2 aromatic rings. The van der Waals surface area contributed by atoms with E-state index in [2.05, 4.69) is 22.4 Å². The number of nitrogens with zero attached hydrogens (tertiary/aromatic N) is 2. The predicted octanol–water partition coefficient (Wildman–Crippen LogP) is 4.38. The first-order valence-electron chi connectivity index (χ1n) is 7.39. The molecule has 0 aliphatic rings. The number of hydrogen-bond acceptors (Lipinski definition) is 5. The van der Waals surface area contributed by atoms with E-state index in [1.54, 1.807) is 30.3 Å². The van der Waals surface area contributed by atoms with Crippen LogP contribution in [0.15, 0.2) is 70.0 Å². The van der Waals surface area contributed by atoms with Crippen molar-refractivity contribution in [2.24, 2.45) is 5.10 Å². The van der Waals surface area contributed by atoms with Crippen LogP contribution in [-0.4, -0.2) is 22.8 Å². The van der Waals surface area contributed by atoms with E-state index in [1.165, 1.54) is 24.0 Å². The van der Waals surface area contributed by atoms with E-state index in [1.807, 2.05) is 12.1 Å². The molecule has 0 fully saturated rings. The molecule has 0 spiro atoms. The summed E-state index contributed by atoms with van der Waals surface area (Å²) in [6, 6.07) is 12.0. The van der Waals surface area contributed by atoms with E-state index in [9.17, 15) is 10.1 Å². The first kappa shape index (κ1) is 19.9. The van der Waals surface area contributed by atoms with Crippen LogP contribution in [0.3, 0.4) is 0 Å². The molecule has 2 aromatic carbocycles. The maximum absolute atomic E-state index is 11.4. The topological polar surface area (TPSA) is 79.6 Å². The normalized spacial score (nSPS) is 10.5. The Morgan fingerprint density at radius 1 is 1.35 bits per heavy atom. The van der Waals surface area contributed by atoms with Gasteiger partial charge >= 0.3 is 0 Å². The van der Waals surface area contributed by atoms with Gasteiger partial charge < -0.3 is 5.32 Å². The number of nitrogens with one attached hydrogen (secondary N) is 2. The first-order valence-corrected chi connectivity index (χ1v) is 8.99. The average Bonchev–Trinajstić information content (AvgIpc) is 2.62. The van der Waals surface area contributed by atoms with Crippen LogP contribution in [0.5, 0.6) is 0 Å². The molecule has 0 amide bonds. The summed E-state index contributed by atoms with van der Waals surface area (Å²) in [5.41, 5.74) is 3.21. The third-order valence-corrected chi connectivity index (χ3v) is 4.57. The van der Waals surface area contributed by atoms with Gasteiger partial charge in [0.2, 0.25) is 0 Å². The maximum Gasteiger partial charge on any atom is 0.283 e. The Labute approximate surface area is 165 Å². The minimum Gasteiger partial charge on any atom is -0.358 e. The molecule has 0 saturated carbocycles. The Bertz CT molecular complexity index is 841. The Morgan fingerprint density at radius 3 is 2.73 bits per heavy atom. The Hall–Kier alpha value is -2.42. The van der Waals surface area contributed by atoms with Gasteiger partial charge in [0, 0.05) is 28.1 Å². The zero-order valence-electron chi connectivity index (χ0n) is 13.5. The van der Waals surface area contributed by atoms with Gasteiger partial charge in [-0.2, -0.15) is 5.10 Å². The molecule has 0 aromatic heterocycles. The molecule has 134 valence electrons. The summed E-state index contributed by atoms with van der Waals surface area (Å²) in [6.45, 7) is 4.09. The van der Waals surface area contributed by atoms with Crippen molar-refractivity contribution in [3.8, 4) is 0 Å². The van der Waals surface area contributed by atoms with E-state index in [-0.39, 0.29) is 5.69 Å². The van der Waals surface area contributed by atoms with E-state index in [4.69, 9.17) is 23.8 Å². The zero-order valence-corrected chi connectivity index (χ0v) is 15.9. The van der Waals surface area contributed by atoms with E-state index < -0.39 is 4.92 Å². The minimum absolute atomic E-state index is 0.00117. The highest BCUT2D eigenvalue weighted by molar-refractivity contribution is 7.99. The molecule has 0 heterocycles. The standard InChI is InChI=1S/C17H15ClN4O2S2/c1-2-9-19-17(25)21-20-11-12-3-8-16(15(10-12)22(23)24)26-14-6-4-13(18)5-7-14/h2-8,10-11H,1,9H2,(H2,19,21,25)/b20-11-. The Kier molecular flexibility index (Phi) is 7.58. The monoisotopic (exact) mass is 406 g/mol. The molecule has 0 bridgehead atoms. The number of hydrazone groups is 1. The third kappa shape index (κ3) is 6.14. The lowest BCUT2D eigenvalue weighted by Crippen LogP contribution is -2.31. The van der Waals surface area contributed by atoms with Gasteiger partial charge in [0.25, 0.3) is 5.69 Å². The maximum atomic E-state index is 11.4. The summed E-state index contributed by atoms with van der Waals surface area (Å²) in [4.78, 5) is 12.4. The fourth-order valence-electron chi connectivity index (χ4n) is 1.84. The molecule has 2 N–H and O–H groups in total. The third-order valence-electron chi connectivity index (χ3n) is 3.01. The number of nitro groups is 1. The number of hydrogen-bond donors (Lipinski definition) is 2. The first-order chi connectivity index (χ1) is 12.5. The van der Waals surface area contributed by atoms with Crippen LogP contribution in [0.25, 0.3) is 0 Å². The van der Waals surface area contributed by atoms with Crippen LogP contribution in [0.2, 0.25) is 5.02 Å². The second-order valence-electron chi connectivity index (χ2n) is 4.91. The number of halogens is 1. The number of benzene rings is 2. The molecule has 9 heteroatoms. The molecule has 0 saturated heterocycles. The van der Waals surface area contributed by atoms with E-state index in [0.29, 0.717) is 27.1 Å². The van der Waals surface area contributed by atoms with Gasteiger partial charge in [0.05, 0.1) is 16.0 Å². The summed E-state index contributed by atoms with van der Waals surface area (Å²) >= 11 is 12.2. The summed E-state index contributed by atoms with van der Waals surface area (Å²) in [6.07, 6.45) is 3.13. The fourth-order valence-corrected chi connectivity index (χ4v) is 3.01. The predicted molar refractivity (Wildman–Crippen MR) is 110 cm³/mol. The lowest BCUT2D eigenvalue weighted by molar-refractivity contribution is -0.387. The van der Waals surface area contributed by atoms with Crippen molar-refractivity contribution in [2.75, 3.05) is 6.54 Å². The van der Waals surface area contributed by atoms with Gasteiger partial charge in [-0.3, -0.25) is 15.5 Å². The molecule has 6 nitrogen and oxygen atoms in total. The molecule has 26 heavy (non-hydrogen) atoms. The van der Waals surface area contributed by atoms with Gasteiger partial charge in [0.15, 0.2) is 5.11 Å². The lowest BCUT2D eigenvalue weighted by Gasteiger charge is -2.05. The Balaban J connectivity index is 2.12. The number of rotatable bonds is 7. The van der Waals surface area contributed by atoms with Crippen molar-refractivity contribution in [3.63, 3.8) is 0 Å². The molecule has 0 atom stereocenters. The van der Waals surface area contributed by atoms with Crippen LogP contribution in [0.1, 0.15) is 5.56 Å². The average molecular weight is 407 g/mol. The highest BCUT2D eigenvalue weighted by Crippen LogP contribution is 2.35. The van der Waals surface area contributed by atoms with Gasteiger partial charge in [-0.05, 0) is 42.5 Å². The Morgan fingerprint density at radius 2 is 2.08 bits per heavy atom. The largest absolute Gasteiger partial charge is 0.358 e. The highest BCUT2D eigenvalue weighted by Gasteiger charge is 2.15. The quantitative estimate of drug-likeness (QED) is 0.233. The number of thiocarbonyl (C=S) groups is 1. The molecule has 0 aliphatic heterocycles. The van der Waals surface area contributed by atoms with Gasteiger partial charge in [0.1, 0.15) is 0 Å². The smallest absolute Gasteiger partial charge is 0.283 e. The SMILES string of the molecule is C=CCNC(=S)N/N=C\c1ccc(Sc2ccc(Cl)cc2)c([N+](=O)[O-])c1. The second kappa shape index (κ2) is 9.91. The van der Waals surface area contributed by atoms with Gasteiger partial charge in [-0.25, -0.2) is 0 Å². The van der Waals surface area contributed by atoms with Crippen LogP contribution in [0, 0.1) is 10.1 Å². The summed E-state index contributed by atoms with van der Waals surface area (Å²) in [7, 11) is 0. The molecular weight excluding hydrogens is 392 g/mol. The summed E-state index contributed by atoms with van der Waals surface area (Å²) in [5, 5.41) is 19.2. The van der Waals surface area contributed by atoms with Crippen molar-refractivity contribution in [3.05, 3.63) is 75.8 Å². The van der Waals surface area contributed by atoms with Crippen LogP contribution < -0.4 is 10.7 Å². The fraction of sp³-hybridized carbons (Fsp3) is 0.0588. The van der Waals surface area contributed by atoms with Crippen LogP contribution in [-0.2, 0) is 0 Å². The molecule has 0 unspecified atom stereocenters. The molecule has 0 radical (unpaired) electrons. The minimum atomic E-state index is -0.417. The lowest BCUT2D eigenvalue weighted by atomic mass is 10.2. The van der Waals surface area contributed by atoms with Crippen molar-refractivity contribution in [2.45, 2.75) is 9.79 Å². The molecule has 0 aliphatic carbocycles. The van der Waals surface area contributed by atoms with Crippen LogP contribution in [0.4, 0.5) is 5.69 Å². The van der Waals surface area contributed by atoms with Crippen molar-refractivity contribution in [1.82, 2.24) is 10.7 Å². The second-order valence-corrected chi connectivity index (χ2v) is 6.87. The molecule has 2 rings (SSSR count). The zero-order chi connectivity index (χ0) is 18.9. The van der Waals surface area contributed by atoms with E-state index >= 15 is 0 Å². The van der Waals surface area contributed by atoms with E-state index in [0.717, 1.165) is 4.90 Å². The molecular formula is C17H15ClN4O2S2. The van der Waals surface area contributed by atoms with Crippen molar-refractivity contribution in [1.29, 1.82) is 0 Å². The van der Waals surface area contributed by atoms with Gasteiger partial charge in [-0.15, -0.1) is 6.58 Å². The highest BCUT2D eigenvalue weighted by atomic mass is 35.5.